The zero-order valence-corrected chi connectivity index (χ0v) is 22.1. The van der Waals surface area contributed by atoms with E-state index in [0.29, 0.717) is 23.2 Å². The summed E-state index contributed by atoms with van der Waals surface area (Å²) in [4.78, 5) is 14.8. The Morgan fingerprint density at radius 2 is 1.12 bits per heavy atom. The SMILES string of the molecule is c1ccc(-c2cccc(-c3nc(-c4ccc5c(c4)sc4ccccc45)nc(-c4cc5ccccc5o4)n3)c2)cc1. The third-order valence-electron chi connectivity index (χ3n) is 7.15. The topological polar surface area (TPSA) is 51.8 Å². The Balaban J connectivity index is 1.32. The molecule has 0 N–H and O–H groups in total. The Morgan fingerprint density at radius 3 is 2.00 bits per heavy atom. The molecule has 0 aliphatic carbocycles. The van der Waals surface area contributed by atoms with Crippen LogP contribution in [-0.2, 0) is 0 Å². The molecule has 0 radical (unpaired) electrons. The number of hydrogen-bond acceptors (Lipinski definition) is 5. The predicted molar refractivity (Wildman–Crippen MR) is 164 cm³/mol. The molecule has 0 amide bonds. The van der Waals surface area contributed by atoms with Gasteiger partial charge in [0.1, 0.15) is 5.58 Å². The molecule has 3 aromatic heterocycles. The molecule has 0 aliphatic heterocycles. The Bertz CT molecular complexity index is 2150. The van der Waals surface area contributed by atoms with E-state index in [9.17, 15) is 0 Å². The molecule has 5 heteroatoms. The van der Waals surface area contributed by atoms with Crippen LogP contribution in [0.5, 0.6) is 0 Å². The zero-order chi connectivity index (χ0) is 26.5. The number of aromatic nitrogens is 3. The molecule has 8 aromatic rings. The molecule has 0 aliphatic rings. The number of furan rings is 1. The first-order valence-electron chi connectivity index (χ1n) is 13.1. The van der Waals surface area contributed by atoms with Crippen molar-refractivity contribution in [2.75, 3.05) is 0 Å². The summed E-state index contributed by atoms with van der Waals surface area (Å²) < 4.78 is 8.66. The third-order valence-corrected chi connectivity index (χ3v) is 8.28. The van der Waals surface area contributed by atoms with E-state index < -0.39 is 0 Å². The van der Waals surface area contributed by atoms with Gasteiger partial charge < -0.3 is 4.42 Å². The van der Waals surface area contributed by atoms with Crippen molar-refractivity contribution in [2.45, 2.75) is 0 Å². The number of thiophene rings is 1. The highest BCUT2D eigenvalue weighted by Gasteiger charge is 2.17. The highest BCUT2D eigenvalue weighted by atomic mass is 32.1. The van der Waals surface area contributed by atoms with Crippen LogP contribution in [-0.4, -0.2) is 15.0 Å². The monoisotopic (exact) mass is 531 g/mol. The number of fused-ring (bicyclic) bond motifs is 4. The minimum Gasteiger partial charge on any atom is -0.453 e. The van der Waals surface area contributed by atoms with E-state index in [2.05, 4.69) is 66.7 Å². The highest BCUT2D eigenvalue weighted by Crippen LogP contribution is 2.36. The van der Waals surface area contributed by atoms with Crippen molar-refractivity contribution >= 4 is 42.5 Å². The fraction of sp³-hybridized carbons (Fsp3) is 0. The smallest absolute Gasteiger partial charge is 0.199 e. The van der Waals surface area contributed by atoms with Crippen molar-refractivity contribution in [3.8, 4) is 45.5 Å². The van der Waals surface area contributed by atoms with E-state index in [1.165, 1.54) is 20.2 Å². The Morgan fingerprint density at radius 1 is 0.450 bits per heavy atom. The first-order chi connectivity index (χ1) is 19.8. The molecule has 0 bridgehead atoms. The summed E-state index contributed by atoms with van der Waals surface area (Å²) in [6.07, 6.45) is 0. The fourth-order valence-corrected chi connectivity index (χ4v) is 6.32. The molecule has 0 atom stereocenters. The molecular weight excluding hydrogens is 510 g/mol. The summed E-state index contributed by atoms with van der Waals surface area (Å²) in [6, 6.07) is 43.6. The molecule has 0 saturated heterocycles. The van der Waals surface area contributed by atoms with Crippen LogP contribution in [0.3, 0.4) is 0 Å². The van der Waals surface area contributed by atoms with Crippen LogP contribution in [0.2, 0.25) is 0 Å². The molecule has 0 unspecified atom stereocenters. The van der Waals surface area contributed by atoms with Crippen molar-refractivity contribution in [1.29, 1.82) is 0 Å². The average molecular weight is 532 g/mol. The Kier molecular flexibility index (Phi) is 5.28. The first-order valence-corrected chi connectivity index (χ1v) is 13.9. The molecule has 40 heavy (non-hydrogen) atoms. The molecule has 0 spiro atoms. The average Bonchev–Trinajstić information content (AvgIpc) is 3.63. The van der Waals surface area contributed by atoms with Gasteiger partial charge in [-0.2, -0.15) is 0 Å². The lowest BCUT2D eigenvalue weighted by Gasteiger charge is -2.09. The fourth-order valence-electron chi connectivity index (χ4n) is 5.17. The maximum absolute atomic E-state index is 6.19. The van der Waals surface area contributed by atoms with E-state index in [0.717, 1.165) is 33.2 Å². The Labute approximate surface area is 234 Å². The van der Waals surface area contributed by atoms with Gasteiger partial charge in [-0.05, 0) is 41.5 Å². The number of rotatable bonds is 4. The van der Waals surface area contributed by atoms with Gasteiger partial charge >= 0.3 is 0 Å². The van der Waals surface area contributed by atoms with Gasteiger partial charge in [0.2, 0.25) is 0 Å². The van der Waals surface area contributed by atoms with Crippen LogP contribution in [0.15, 0.2) is 132 Å². The molecule has 0 saturated carbocycles. The highest BCUT2D eigenvalue weighted by molar-refractivity contribution is 7.25. The molecule has 3 heterocycles. The largest absolute Gasteiger partial charge is 0.453 e. The third kappa shape index (κ3) is 3.96. The van der Waals surface area contributed by atoms with Crippen LogP contribution >= 0.6 is 11.3 Å². The van der Waals surface area contributed by atoms with Gasteiger partial charge in [0.05, 0.1) is 0 Å². The first kappa shape index (κ1) is 22.8. The molecule has 4 nitrogen and oxygen atoms in total. The second-order valence-electron chi connectivity index (χ2n) is 9.71. The molecule has 8 rings (SSSR count). The lowest BCUT2D eigenvalue weighted by Crippen LogP contribution is -1.99. The van der Waals surface area contributed by atoms with Crippen LogP contribution in [0, 0.1) is 0 Å². The van der Waals surface area contributed by atoms with Crippen LogP contribution in [0.1, 0.15) is 0 Å². The minimum atomic E-state index is 0.512. The number of para-hydroxylation sites is 1. The molecular formula is C35H21N3OS. The van der Waals surface area contributed by atoms with Crippen molar-refractivity contribution in [3.63, 3.8) is 0 Å². The summed E-state index contributed by atoms with van der Waals surface area (Å²) in [5, 5.41) is 3.52. The quantitative estimate of drug-likeness (QED) is 0.227. The van der Waals surface area contributed by atoms with E-state index in [1.54, 1.807) is 11.3 Å². The van der Waals surface area contributed by atoms with Gasteiger partial charge in [0.15, 0.2) is 23.2 Å². The van der Waals surface area contributed by atoms with Gasteiger partial charge in [0.25, 0.3) is 0 Å². The minimum absolute atomic E-state index is 0.512. The number of nitrogens with zero attached hydrogens (tertiary/aromatic N) is 3. The van der Waals surface area contributed by atoms with Gasteiger partial charge in [0, 0.05) is 36.7 Å². The van der Waals surface area contributed by atoms with Crippen LogP contribution in [0.25, 0.3) is 76.6 Å². The summed E-state index contributed by atoms with van der Waals surface area (Å²) in [5.74, 6) is 2.35. The van der Waals surface area contributed by atoms with E-state index in [-0.39, 0.29) is 0 Å². The summed E-state index contributed by atoms with van der Waals surface area (Å²) in [5.41, 5.74) is 4.92. The van der Waals surface area contributed by atoms with Crippen LogP contribution in [0.4, 0.5) is 0 Å². The van der Waals surface area contributed by atoms with E-state index >= 15 is 0 Å². The zero-order valence-electron chi connectivity index (χ0n) is 21.3. The number of benzene rings is 5. The van der Waals surface area contributed by atoms with Crippen molar-refractivity contribution in [3.05, 3.63) is 127 Å². The van der Waals surface area contributed by atoms with Gasteiger partial charge in [-0.3, -0.25) is 0 Å². The lowest BCUT2D eigenvalue weighted by atomic mass is 10.0. The summed E-state index contributed by atoms with van der Waals surface area (Å²) in [7, 11) is 0. The molecule has 5 aromatic carbocycles. The standard InChI is InChI=1S/C35H21N3OS/c1-2-9-22(10-3-1)23-12-8-13-25(19-23)33-36-34(38-35(37-33)30-20-24-11-4-6-15-29(24)39-30)26-17-18-28-27-14-5-7-16-31(27)40-32(28)21-26/h1-21H. The normalized spacial score (nSPS) is 11.5. The Hall–Kier alpha value is -5.13. The second kappa shape index (κ2) is 9.26. The van der Waals surface area contributed by atoms with Crippen molar-refractivity contribution in [2.24, 2.45) is 0 Å². The van der Waals surface area contributed by atoms with Gasteiger partial charge in [-0.1, -0.05) is 97.1 Å². The molecule has 188 valence electrons. The van der Waals surface area contributed by atoms with E-state index in [4.69, 9.17) is 19.4 Å². The summed E-state index contributed by atoms with van der Waals surface area (Å²) >= 11 is 1.78. The maximum Gasteiger partial charge on any atom is 0.199 e. The van der Waals surface area contributed by atoms with E-state index in [1.807, 2.05) is 60.7 Å². The van der Waals surface area contributed by atoms with Crippen molar-refractivity contribution < 1.29 is 4.42 Å². The summed E-state index contributed by atoms with van der Waals surface area (Å²) in [6.45, 7) is 0. The molecule has 0 fully saturated rings. The maximum atomic E-state index is 6.19. The van der Waals surface area contributed by atoms with Crippen LogP contribution < -0.4 is 0 Å². The number of hydrogen-bond donors (Lipinski definition) is 0. The van der Waals surface area contributed by atoms with Gasteiger partial charge in [-0.25, -0.2) is 15.0 Å². The predicted octanol–water partition coefficient (Wildman–Crippen LogP) is 9.65. The van der Waals surface area contributed by atoms with Crippen molar-refractivity contribution in [1.82, 2.24) is 15.0 Å². The second-order valence-corrected chi connectivity index (χ2v) is 10.8. The van der Waals surface area contributed by atoms with Gasteiger partial charge in [-0.15, -0.1) is 11.3 Å². The lowest BCUT2D eigenvalue weighted by molar-refractivity contribution is 0.625.